The van der Waals surface area contributed by atoms with E-state index in [4.69, 9.17) is 4.42 Å². The van der Waals surface area contributed by atoms with Gasteiger partial charge in [0.05, 0.1) is 6.54 Å². The number of nitrogens with one attached hydrogen (secondary N) is 2. The van der Waals surface area contributed by atoms with Gasteiger partial charge in [-0.15, -0.1) is 0 Å². The molecule has 1 aromatic rings. The quantitative estimate of drug-likeness (QED) is 0.719. The van der Waals surface area contributed by atoms with Crippen molar-refractivity contribution in [1.29, 1.82) is 0 Å². The summed E-state index contributed by atoms with van der Waals surface area (Å²) in [4.78, 5) is 0.240. The molecule has 5 nitrogen and oxygen atoms in total. The van der Waals surface area contributed by atoms with E-state index in [9.17, 15) is 8.42 Å². The Labute approximate surface area is 115 Å². The number of aryl methyl sites for hydroxylation is 1. The Morgan fingerprint density at radius 1 is 1.37 bits per heavy atom. The molecular weight excluding hydrogens is 264 g/mol. The second-order valence-corrected chi connectivity index (χ2v) is 6.66. The lowest BCUT2D eigenvalue weighted by Crippen LogP contribution is -2.25. The Bertz CT molecular complexity index is 492. The average molecular weight is 288 g/mol. The number of hydrogen-bond donors (Lipinski definition) is 2. The van der Waals surface area contributed by atoms with Crippen molar-refractivity contribution in [3.05, 3.63) is 17.6 Å². The van der Waals surface area contributed by atoms with Crippen molar-refractivity contribution in [2.45, 2.75) is 58.0 Å². The van der Waals surface area contributed by atoms with Crippen LogP contribution in [0, 0.1) is 6.92 Å². The Morgan fingerprint density at radius 3 is 2.63 bits per heavy atom. The summed E-state index contributed by atoms with van der Waals surface area (Å²) >= 11 is 0. The van der Waals surface area contributed by atoms with Crippen LogP contribution >= 0.6 is 0 Å². The third kappa shape index (κ3) is 4.97. The van der Waals surface area contributed by atoms with Gasteiger partial charge in [0.2, 0.25) is 10.0 Å². The van der Waals surface area contributed by atoms with Gasteiger partial charge in [0.1, 0.15) is 16.4 Å². The summed E-state index contributed by atoms with van der Waals surface area (Å²) in [6.45, 7) is 8.74. The summed E-state index contributed by atoms with van der Waals surface area (Å²) < 4.78 is 32.2. The first-order valence-corrected chi connectivity index (χ1v) is 8.17. The largest absolute Gasteiger partial charge is 0.464 e. The van der Waals surface area contributed by atoms with Gasteiger partial charge in [0.15, 0.2) is 0 Å². The highest BCUT2D eigenvalue weighted by Gasteiger charge is 2.20. The molecule has 0 spiro atoms. The fraction of sp³-hybridized carbons (Fsp3) is 0.692. The van der Waals surface area contributed by atoms with Gasteiger partial charge in [0, 0.05) is 18.7 Å². The monoisotopic (exact) mass is 288 g/mol. The summed E-state index contributed by atoms with van der Waals surface area (Å²) in [5.74, 6) is 1.08. The van der Waals surface area contributed by atoms with Crippen LogP contribution in [0.2, 0.25) is 0 Å². The molecule has 0 saturated heterocycles. The van der Waals surface area contributed by atoms with Crippen molar-refractivity contribution in [3.63, 3.8) is 0 Å². The van der Waals surface area contributed by atoms with E-state index in [1.807, 2.05) is 20.8 Å². The van der Waals surface area contributed by atoms with E-state index in [0.29, 0.717) is 30.7 Å². The highest BCUT2D eigenvalue weighted by molar-refractivity contribution is 7.89. The molecule has 0 unspecified atom stereocenters. The van der Waals surface area contributed by atoms with Gasteiger partial charge < -0.3 is 9.73 Å². The van der Waals surface area contributed by atoms with Crippen LogP contribution in [0.1, 0.15) is 45.1 Å². The molecule has 0 bridgehead atoms. The first-order chi connectivity index (χ1) is 8.86. The van der Waals surface area contributed by atoms with Gasteiger partial charge in [-0.25, -0.2) is 13.1 Å². The summed E-state index contributed by atoms with van der Waals surface area (Å²) in [5.41, 5.74) is 0. The molecule has 0 saturated carbocycles. The number of furan rings is 1. The van der Waals surface area contributed by atoms with Gasteiger partial charge >= 0.3 is 0 Å². The molecule has 0 aromatic carbocycles. The van der Waals surface area contributed by atoms with Crippen LogP contribution in [0.15, 0.2) is 15.4 Å². The second-order valence-electron chi connectivity index (χ2n) is 4.92. The maximum atomic E-state index is 12.1. The number of unbranched alkanes of at least 4 members (excludes halogenated alkanes) is 1. The van der Waals surface area contributed by atoms with Gasteiger partial charge in [0.25, 0.3) is 0 Å². The predicted molar refractivity (Wildman–Crippen MR) is 75.5 cm³/mol. The third-order valence-electron chi connectivity index (χ3n) is 2.72. The SMILES string of the molecule is CCCCNS(=O)(=O)c1cc(CNC(C)C)oc1C. The number of hydrogen-bond acceptors (Lipinski definition) is 4. The Kier molecular flexibility index (Phi) is 6.03. The Balaban J connectivity index is 2.77. The minimum atomic E-state index is -3.45. The smallest absolute Gasteiger partial charge is 0.244 e. The van der Waals surface area contributed by atoms with E-state index in [1.54, 1.807) is 13.0 Å². The van der Waals surface area contributed by atoms with Crippen LogP contribution in [-0.4, -0.2) is 21.0 Å². The van der Waals surface area contributed by atoms with E-state index in [0.717, 1.165) is 12.8 Å². The molecule has 19 heavy (non-hydrogen) atoms. The van der Waals surface area contributed by atoms with Gasteiger partial charge in [-0.2, -0.15) is 0 Å². The molecule has 110 valence electrons. The van der Waals surface area contributed by atoms with E-state index >= 15 is 0 Å². The topological polar surface area (TPSA) is 71.3 Å². The zero-order valence-corrected chi connectivity index (χ0v) is 12.9. The van der Waals surface area contributed by atoms with E-state index in [1.165, 1.54) is 0 Å². The van der Waals surface area contributed by atoms with Gasteiger partial charge in [-0.3, -0.25) is 0 Å². The molecule has 1 rings (SSSR count). The van der Waals surface area contributed by atoms with Crippen molar-refractivity contribution in [3.8, 4) is 0 Å². The molecule has 0 atom stereocenters. The lowest BCUT2D eigenvalue weighted by Gasteiger charge is -2.04. The molecule has 0 fully saturated rings. The summed E-state index contributed by atoms with van der Waals surface area (Å²) in [6, 6.07) is 1.92. The molecule has 0 amide bonds. The van der Waals surface area contributed by atoms with Crippen molar-refractivity contribution in [2.75, 3.05) is 6.54 Å². The zero-order valence-electron chi connectivity index (χ0n) is 12.1. The summed E-state index contributed by atoms with van der Waals surface area (Å²) in [6.07, 6.45) is 1.79. The first kappa shape index (κ1) is 16.2. The van der Waals surface area contributed by atoms with Crippen LogP contribution in [0.5, 0.6) is 0 Å². The predicted octanol–water partition coefficient (Wildman–Crippen LogP) is 2.16. The molecule has 0 radical (unpaired) electrons. The van der Waals surface area contributed by atoms with E-state index in [2.05, 4.69) is 10.0 Å². The molecular formula is C13H24N2O3S. The third-order valence-corrected chi connectivity index (χ3v) is 4.29. The van der Waals surface area contributed by atoms with Gasteiger partial charge in [-0.1, -0.05) is 27.2 Å². The van der Waals surface area contributed by atoms with Crippen LogP contribution < -0.4 is 10.0 Å². The summed E-state index contributed by atoms with van der Waals surface area (Å²) in [7, 11) is -3.45. The van der Waals surface area contributed by atoms with Crippen LogP contribution in [-0.2, 0) is 16.6 Å². The second kappa shape index (κ2) is 7.07. The van der Waals surface area contributed by atoms with Crippen LogP contribution in [0.3, 0.4) is 0 Å². The fourth-order valence-corrected chi connectivity index (χ4v) is 2.92. The highest BCUT2D eigenvalue weighted by atomic mass is 32.2. The van der Waals surface area contributed by atoms with Crippen molar-refractivity contribution in [1.82, 2.24) is 10.0 Å². The molecule has 1 heterocycles. The van der Waals surface area contributed by atoms with Crippen molar-refractivity contribution < 1.29 is 12.8 Å². The molecule has 0 aliphatic rings. The fourth-order valence-electron chi connectivity index (χ4n) is 1.64. The normalized spacial score (nSPS) is 12.3. The average Bonchev–Trinajstić information content (AvgIpc) is 2.69. The minimum absolute atomic E-state index is 0.240. The maximum Gasteiger partial charge on any atom is 0.244 e. The number of sulfonamides is 1. The molecule has 0 aliphatic carbocycles. The molecule has 6 heteroatoms. The summed E-state index contributed by atoms with van der Waals surface area (Å²) in [5, 5.41) is 3.20. The minimum Gasteiger partial charge on any atom is -0.464 e. The highest BCUT2D eigenvalue weighted by Crippen LogP contribution is 2.19. The van der Waals surface area contributed by atoms with Crippen LogP contribution in [0.25, 0.3) is 0 Å². The lowest BCUT2D eigenvalue weighted by molar-refractivity contribution is 0.444. The Hall–Kier alpha value is -0.850. The van der Waals surface area contributed by atoms with E-state index < -0.39 is 10.0 Å². The van der Waals surface area contributed by atoms with Crippen LogP contribution in [0.4, 0.5) is 0 Å². The maximum absolute atomic E-state index is 12.1. The molecule has 0 aliphatic heterocycles. The van der Waals surface area contributed by atoms with Crippen molar-refractivity contribution in [2.24, 2.45) is 0 Å². The number of rotatable bonds is 8. The van der Waals surface area contributed by atoms with E-state index in [-0.39, 0.29) is 4.90 Å². The lowest BCUT2D eigenvalue weighted by atomic mass is 10.3. The van der Waals surface area contributed by atoms with Crippen molar-refractivity contribution >= 4 is 10.0 Å². The first-order valence-electron chi connectivity index (χ1n) is 6.69. The molecule has 1 aromatic heterocycles. The standard InChI is InChI=1S/C13H24N2O3S/c1-5-6-7-15-19(16,17)13-8-12(18-11(13)4)9-14-10(2)3/h8,10,14-15H,5-7,9H2,1-4H3. The Morgan fingerprint density at radius 2 is 2.05 bits per heavy atom. The molecule has 2 N–H and O–H groups in total. The zero-order chi connectivity index (χ0) is 14.5. The van der Waals surface area contributed by atoms with Gasteiger partial charge in [-0.05, 0) is 13.3 Å².